The maximum absolute atomic E-state index is 12.9. The molecule has 0 aromatic heterocycles. The molecule has 2 aliphatic rings. The molecule has 1 fully saturated rings. The lowest BCUT2D eigenvalue weighted by atomic mass is 10.1. The highest BCUT2D eigenvalue weighted by atomic mass is 35.5. The molecule has 0 amide bonds. The van der Waals surface area contributed by atoms with Gasteiger partial charge < -0.3 is 14.2 Å². The molecule has 1 N–H and O–H groups in total. The number of morpholine rings is 1. The van der Waals surface area contributed by atoms with E-state index in [4.69, 9.17) is 25.8 Å². The largest absolute Gasteiger partial charge is 0.486 e. The number of fused-ring (bicyclic) bond motifs is 1. The Kier molecular flexibility index (Phi) is 6.26. The van der Waals surface area contributed by atoms with E-state index in [0.29, 0.717) is 42.9 Å². The van der Waals surface area contributed by atoms with Crippen LogP contribution in [0.3, 0.4) is 0 Å². The summed E-state index contributed by atoms with van der Waals surface area (Å²) in [5.74, 6) is 1.00. The lowest BCUT2D eigenvalue weighted by Gasteiger charge is -2.35. The zero-order valence-electron chi connectivity index (χ0n) is 15.8. The third kappa shape index (κ3) is 4.84. The standard InChI is InChI=1S/C20H23ClN2O5S/c21-16-3-1-15(2-4-16)18(23-7-9-26-10-8-23)14-22-29(24,25)17-5-6-19-20(13-17)28-12-11-27-19/h1-6,13,18,22H,7-12,14H2. The highest BCUT2D eigenvalue weighted by Gasteiger charge is 2.26. The van der Waals surface area contributed by atoms with Crippen LogP contribution in [0.25, 0.3) is 0 Å². The second-order valence-electron chi connectivity index (χ2n) is 6.87. The number of nitrogens with one attached hydrogen (secondary N) is 1. The summed E-state index contributed by atoms with van der Waals surface area (Å²) in [7, 11) is -3.71. The first-order chi connectivity index (χ1) is 14.0. The molecular weight excluding hydrogens is 416 g/mol. The zero-order valence-corrected chi connectivity index (χ0v) is 17.4. The lowest BCUT2D eigenvalue weighted by molar-refractivity contribution is 0.0172. The molecule has 2 aromatic rings. The van der Waals surface area contributed by atoms with Gasteiger partial charge in [0.2, 0.25) is 10.0 Å². The third-order valence-electron chi connectivity index (χ3n) is 5.03. The van der Waals surface area contributed by atoms with Gasteiger partial charge >= 0.3 is 0 Å². The van der Waals surface area contributed by atoms with Crippen LogP contribution < -0.4 is 14.2 Å². The minimum atomic E-state index is -3.71. The smallest absolute Gasteiger partial charge is 0.240 e. The Morgan fingerprint density at radius 3 is 2.38 bits per heavy atom. The Morgan fingerprint density at radius 1 is 0.966 bits per heavy atom. The van der Waals surface area contributed by atoms with Gasteiger partial charge in [0.05, 0.1) is 18.1 Å². The molecule has 0 radical (unpaired) electrons. The van der Waals surface area contributed by atoms with Crippen LogP contribution in [0.15, 0.2) is 47.4 Å². The Morgan fingerprint density at radius 2 is 1.66 bits per heavy atom. The monoisotopic (exact) mass is 438 g/mol. The summed E-state index contributed by atoms with van der Waals surface area (Å²) in [6, 6.07) is 12.0. The highest BCUT2D eigenvalue weighted by Crippen LogP contribution is 2.32. The molecule has 7 nitrogen and oxygen atoms in total. The fourth-order valence-electron chi connectivity index (χ4n) is 3.49. The predicted molar refractivity (Wildman–Crippen MR) is 109 cm³/mol. The van der Waals surface area contributed by atoms with Crippen molar-refractivity contribution in [1.82, 2.24) is 9.62 Å². The van der Waals surface area contributed by atoms with Crippen molar-refractivity contribution in [1.29, 1.82) is 0 Å². The van der Waals surface area contributed by atoms with E-state index in [9.17, 15) is 8.42 Å². The fourth-order valence-corrected chi connectivity index (χ4v) is 4.67. The molecule has 0 bridgehead atoms. The van der Waals surface area contributed by atoms with E-state index in [1.807, 2.05) is 24.3 Å². The van der Waals surface area contributed by atoms with E-state index in [2.05, 4.69) is 9.62 Å². The van der Waals surface area contributed by atoms with E-state index in [1.54, 1.807) is 6.07 Å². The average Bonchev–Trinajstić information content (AvgIpc) is 2.75. The quantitative estimate of drug-likeness (QED) is 0.746. The summed E-state index contributed by atoms with van der Waals surface area (Å²) in [6.45, 7) is 3.81. The van der Waals surface area contributed by atoms with Gasteiger partial charge in [0.15, 0.2) is 11.5 Å². The van der Waals surface area contributed by atoms with Crippen LogP contribution in [0.4, 0.5) is 0 Å². The van der Waals surface area contributed by atoms with Crippen molar-refractivity contribution in [2.75, 3.05) is 46.1 Å². The molecule has 2 heterocycles. The van der Waals surface area contributed by atoms with Crippen molar-refractivity contribution >= 4 is 21.6 Å². The Bertz CT molecular complexity index is 946. The van der Waals surface area contributed by atoms with E-state index in [1.165, 1.54) is 12.1 Å². The summed E-state index contributed by atoms with van der Waals surface area (Å²) in [5, 5.41) is 0.645. The highest BCUT2D eigenvalue weighted by molar-refractivity contribution is 7.89. The van der Waals surface area contributed by atoms with Gasteiger partial charge in [0.25, 0.3) is 0 Å². The maximum atomic E-state index is 12.9. The second kappa shape index (κ2) is 8.89. The molecule has 1 unspecified atom stereocenters. The maximum Gasteiger partial charge on any atom is 0.240 e. The summed E-state index contributed by atoms with van der Waals surface area (Å²) < 4.78 is 45.0. The minimum absolute atomic E-state index is 0.122. The van der Waals surface area contributed by atoms with Crippen molar-refractivity contribution < 1.29 is 22.6 Å². The first kappa shape index (κ1) is 20.4. The van der Waals surface area contributed by atoms with Gasteiger partial charge in [-0.2, -0.15) is 0 Å². The molecular formula is C20H23ClN2O5S. The molecule has 1 atom stereocenters. The number of rotatable bonds is 6. The van der Waals surface area contributed by atoms with Gasteiger partial charge in [-0.05, 0) is 29.8 Å². The van der Waals surface area contributed by atoms with Gasteiger partial charge in [-0.3, -0.25) is 4.90 Å². The molecule has 1 saturated heterocycles. The lowest BCUT2D eigenvalue weighted by Crippen LogP contribution is -2.43. The van der Waals surface area contributed by atoms with E-state index < -0.39 is 10.0 Å². The average molecular weight is 439 g/mol. The number of hydrogen-bond donors (Lipinski definition) is 1. The summed E-state index contributed by atoms with van der Waals surface area (Å²) in [6.07, 6.45) is 0. The molecule has 2 aromatic carbocycles. The van der Waals surface area contributed by atoms with Gasteiger partial charge in [0.1, 0.15) is 13.2 Å². The zero-order chi connectivity index (χ0) is 20.3. The van der Waals surface area contributed by atoms with E-state index in [0.717, 1.165) is 18.7 Å². The third-order valence-corrected chi connectivity index (χ3v) is 6.71. The van der Waals surface area contributed by atoms with Crippen molar-refractivity contribution in [3.8, 4) is 11.5 Å². The number of benzene rings is 2. The van der Waals surface area contributed by atoms with E-state index >= 15 is 0 Å². The fraction of sp³-hybridized carbons (Fsp3) is 0.400. The van der Waals surface area contributed by atoms with Crippen LogP contribution >= 0.6 is 11.6 Å². The van der Waals surface area contributed by atoms with Gasteiger partial charge in [-0.1, -0.05) is 23.7 Å². The normalized spacial score (nSPS) is 18.4. The molecule has 0 saturated carbocycles. The molecule has 2 aliphatic heterocycles. The Hall–Kier alpha value is -1.84. The van der Waals surface area contributed by atoms with Crippen LogP contribution in [0, 0.1) is 0 Å². The minimum Gasteiger partial charge on any atom is -0.486 e. The second-order valence-corrected chi connectivity index (χ2v) is 9.08. The Balaban J connectivity index is 1.53. The van der Waals surface area contributed by atoms with Crippen molar-refractivity contribution in [2.24, 2.45) is 0 Å². The van der Waals surface area contributed by atoms with Gasteiger partial charge in [0, 0.05) is 36.8 Å². The van der Waals surface area contributed by atoms with Gasteiger partial charge in [-0.25, -0.2) is 13.1 Å². The summed E-state index contributed by atoms with van der Waals surface area (Å²) >= 11 is 6.02. The molecule has 9 heteroatoms. The first-order valence-electron chi connectivity index (χ1n) is 9.49. The Labute approximate surface area is 175 Å². The number of nitrogens with zero attached hydrogens (tertiary/aromatic N) is 1. The van der Waals surface area contributed by atoms with Crippen molar-refractivity contribution in [3.63, 3.8) is 0 Å². The summed E-state index contributed by atoms with van der Waals surface area (Å²) in [5.41, 5.74) is 1.00. The molecule has 156 valence electrons. The molecule has 0 aliphatic carbocycles. The number of sulfonamides is 1. The molecule has 4 rings (SSSR count). The number of halogens is 1. The first-order valence-corrected chi connectivity index (χ1v) is 11.4. The van der Waals surface area contributed by atoms with Crippen LogP contribution in [-0.4, -0.2) is 59.4 Å². The number of ether oxygens (including phenoxy) is 3. The predicted octanol–water partition coefficient (Wildman–Crippen LogP) is 2.46. The van der Waals surface area contributed by atoms with Crippen LogP contribution in [0.1, 0.15) is 11.6 Å². The SMILES string of the molecule is O=S(=O)(NCC(c1ccc(Cl)cc1)N1CCOCC1)c1ccc2c(c1)OCCO2. The van der Waals surface area contributed by atoms with Crippen LogP contribution in [-0.2, 0) is 14.8 Å². The topological polar surface area (TPSA) is 77.1 Å². The van der Waals surface area contributed by atoms with E-state index in [-0.39, 0.29) is 17.5 Å². The van der Waals surface area contributed by atoms with Gasteiger partial charge in [-0.15, -0.1) is 0 Å². The van der Waals surface area contributed by atoms with Crippen molar-refractivity contribution in [2.45, 2.75) is 10.9 Å². The molecule has 29 heavy (non-hydrogen) atoms. The number of hydrogen-bond acceptors (Lipinski definition) is 6. The van der Waals surface area contributed by atoms with Crippen molar-refractivity contribution in [3.05, 3.63) is 53.1 Å². The van der Waals surface area contributed by atoms with Crippen LogP contribution in [0.2, 0.25) is 5.02 Å². The molecule has 0 spiro atoms. The summed E-state index contributed by atoms with van der Waals surface area (Å²) in [4.78, 5) is 2.37. The van der Waals surface area contributed by atoms with Crippen LogP contribution in [0.5, 0.6) is 11.5 Å².